The summed E-state index contributed by atoms with van der Waals surface area (Å²) in [6.07, 6.45) is 1.40. The first kappa shape index (κ1) is 15.2. The Labute approximate surface area is 132 Å². The highest BCUT2D eigenvalue weighted by Crippen LogP contribution is 2.20. The predicted molar refractivity (Wildman–Crippen MR) is 77.3 cm³/mol. The van der Waals surface area contributed by atoms with Crippen molar-refractivity contribution in [2.75, 3.05) is 11.9 Å². The number of amides is 2. The maximum Gasteiger partial charge on any atom is 0.248 e. The fourth-order valence-electron chi connectivity index (χ4n) is 2.62. The number of carbonyl (C=O) groups is 2. The van der Waals surface area contributed by atoms with Crippen molar-refractivity contribution in [3.63, 3.8) is 0 Å². The Balaban J connectivity index is 1.64. The van der Waals surface area contributed by atoms with E-state index < -0.39 is 6.04 Å². The summed E-state index contributed by atoms with van der Waals surface area (Å²) in [5, 5.41) is 10.1. The van der Waals surface area contributed by atoms with Crippen molar-refractivity contribution in [3.8, 4) is 0 Å². The van der Waals surface area contributed by atoms with Gasteiger partial charge in [-0.1, -0.05) is 10.3 Å². The molecule has 1 aliphatic heterocycles. The summed E-state index contributed by atoms with van der Waals surface area (Å²) in [6, 6.07) is 1.11. The van der Waals surface area contributed by atoms with Crippen molar-refractivity contribution in [1.82, 2.24) is 20.2 Å². The van der Waals surface area contributed by atoms with Crippen molar-refractivity contribution in [2.45, 2.75) is 39.2 Å². The van der Waals surface area contributed by atoms with Gasteiger partial charge in [-0.3, -0.25) is 9.59 Å². The molecule has 9 heteroatoms. The van der Waals surface area contributed by atoms with E-state index in [1.165, 1.54) is 0 Å². The zero-order valence-electron chi connectivity index (χ0n) is 12.9. The number of aromatic nitrogens is 3. The highest BCUT2D eigenvalue weighted by Gasteiger charge is 2.34. The topological polar surface area (TPSA) is 114 Å². The smallest absolute Gasteiger partial charge is 0.248 e. The van der Waals surface area contributed by atoms with Crippen molar-refractivity contribution in [2.24, 2.45) is 0 Å². The van der Waals surface area contributed by atoms with Gasteiger partial charge < -0.3 is 19.3 Å². The Hall–Kier alpha value is -2.71. The number of nitrogens with one attached hydrogen (secondary N) is 1. The van der Waals surface area contributed by atoms with Gasteiger partial charge in [-0.15, -0.1) is 0 Å². The Morgan fingerprint density at radius 1 is 1.35 bits per heavy atom. The fraction of sp³-hybridized carbons (Fsp3) is 0.500. The van der Waals surface area contributed by atoms with Crippen LogP contribution in [-0.2, 0) is 16.0 Å². The van der Waals surface area contributed by atoms with E-state index in [1.54, 1.807) is 24.8 Å². The molecule has 122 valence electrons. The second-order valence-corrected chi connectivity index (χ2v) is 5.46. The molecule has 1 saturated heterocycles. The molecule has 3 heterocycles. The van der Waals surface area contributed by atoms with Crippen LogP contribution in [0.3, 0.4) is 0 Å². The first-order valence-corrected chi connectivity index (χ1v) is 7.36. The SMILES string of the molecule is Cc1cc(NC(=O)C2CCCN2C(=O)Cc2noc(C)n2)no1. The molecule has 1 aliphatic rings. The highest BCUT2D eigenvalue weighted by atomic mass is 16.5. The summed E-state index contributed by atoms with van der Waals surface area (Å²) in [6.45, 7) is 3.93. The molecule has 1 fully saturated rings. The summed E-state index contributed by atoms with van der Waals surface area (Å²) in [5.74, 6) is 1.22. The maximum absolute atomic E-state index is 12.4. The number of carbonyl (C=O) groups excluding carboxylic acids is 2. The van der Waals surface area contributed by atoms with Gasteiger partial charge in [0.25, 0.3) is 0 Å². The van der Waals surface area contributed by atoms with Gasteiger partial charge in [0.05, 0.1) is 6.42 Å². The van der Waals surface area contributed by atoms with Crippen molar-refractivity contribution < 1.29 is 18.6 Å². The summed E-state index contributed by atoms with van der Waals surface area (Å²) >= 11 is 0. The molecule has 2 aromatic heterocycles. The summed E-state index contributed by atoms with van der Waals surface area (Å²) < 4.78 is 9.77. The van der Waals surface area contributed by atoms with Crippen LogP contribution in [0.15, 0.2) is 15.1 Å². The molecule has 0 bridgehead atoms. The average molecular weight is 319 g/mol. The van der Waals surface area contributed by atoms with Gasteiger partial charge in [0, 0.05) is 19.5 Å². The van der Waals surface area contributed by atoms with Gasteiger partial charge in [-0.2, -0.15) is 4.98 Å². The summed E-state index contributed by atoms with van der Waals surface area (Å²) in [5.41, 5.74) is 0. The van der Waals surface area contributed by atoms with Crippen LogP contribution < -0.4 is 5.32 Å². The molecule has 0 saturated carbocycles. The Morgan fingerprint density at radius 3 is 2.83 bits per heavy atom. The third kappa shape index (κ3) is 3.38. The van der Waals surface area contributed by atoms with Gasteiger partial charge in [0.1, 0.15) is 11.8 Å². The molecular weight excluding hydrogens is 302 g/mol. The number of hydrogen-bond donors (Lipinski definition) is 1. The normalized spacial score (nSPS) is 17.5. The van der Waals surface area contributed by atoms with Crippen LogP contribution in [-0.4, -0.2) is 44.6 Å². The number of anilines is 1. The van der Waals surface area contributed by atoms with Crippen LogP contribution in [0.2, 0.25) is 0 Å². The van der Waals surface area contributed by atoms with E-state index in [1.807, 2.05) is 0 Å². The lowest BCUT2D eigenvalue weighted by Gasteiger charge is -2.23. The zero-order chi connectivity index (χ0) is 16.4. The second-order valence-electron chi connectivity index (χ2n) is 5.46. The fourth-order valence-corrected chi connectivity index (χ4v) is 2.62. The van der Waals surface area contributed by atoms with Crippen molar-refractivity contribution in [1.29, 1.82) is 0 Å². The van der Waals surface area contributed by atoms with E-state index in [0.29, 0.717) is 36.3 Å². The summed E-state index contributed by atoms with van der Waals surface area (Å²) in [4.78, 5) is 30.3. The van der Waals surface area contributed by atoms with Crippen LogP contribution in [0.4, 0.5) is 5.82 Å². The minimum Gasteiger partial charge on any atom is -0.360 e. The van der Waals surface area contributed by atoms with Crippen LogP contribution in [0, 0.1) is 13.8 Å². The van der Waals surface area contributed by atoms with Gasteiger partial charge in [-0.05, 0) is 19.8 Å². The Bertz CT molecular complexity index is 662. The first-order chi connectivity index (χ1) is 11.0. The summed E-state index contributed by atoms with van der Waals surface area (Å²) in [7, 11) is 0. The molecule has 23 heavy (non-hydrogen) atoms. The molecule has 0 aromatic carbocycles. The van der Waals surface area contributed by atoms with Gasteiger partial charge in [0.2, 0.25) is 17.7 Å². The van der Waals surface area contributed by atoms with Crippen molar-refractivity contribution in [3.05, 3.63) is 23.5 Å². The van der Waals surface area contributed by atoms with E-state index >= 15 is 0 Å². The lowest BCUT2D eigenvalue weighted by molar-refractivity contribution is -0.136. The minimum absolute atomic E-state index is 0.0180. The van der Waals surface area contributed by atoms with Gasteiger partial charge in [-0.25, -0.2) is 0 Å². The van der Waals surface area contributed by atoms with E-state index in [2.05, 4.69) is 20.6 Å². The second kappa shape index (κ2) is 6.19. The number of nitrogens with zero attached hydrogens (tertiary/aromatic N) is 4. The lowest BCUT2D eigenvalue weighted by Crippen LogP contribution is -2.44. The van der Waals surface area contributed by atoms with Crippen LogP contribution in [0.25, 0.3) is 0 Å². The van der Waals surface area contributed by atoms with E-state index in [0.717, 1.165) is 6.42 Å². The third-order valence-corrected chi connectivity index (χ3v) is 3.63. The number of aryl methyl sites for hydroxylation is 2. The number of hydrogen-bond acceptors (Lipinski definition) is 7. The standard InChI is InChI=1S/C14H17N5O4/c1-8-6-11(17-22-8)16-14(21)10-4-3-5-19(10)13(20)7-12-15-9(2)23-18-12/h6,10H,3-5,7H2,1-2H3,(H,16,17,21). The molecule has 1 atom stereocenters. The van der Waals surface area contributed by atoms with Crippen molar-refractivity contribution >= 4 is 17.6 Å². The minimum atomic E-state index is -0.521. The molecule has 2 amide bonds. The molecule has 1 N–H and O–H groups in total. The van der Waals surface area contributed by atoms with Crippen LogP contribution in [0.1, 0.15) is 30.3 Å². The van der Waals surface area contributed by atoms with E-state index in [4.69, 9.17) is 9.05 Å². The Morgan fingerprint density at radius 2 is 2.17 bits per heavy atom. The van der Waals surface area contributed by atoms with Gasteiger partial charge >= 0.3 is 0 Å². The molecule has 9 nitrogen and oxygen atoms in total. The first-order valence-electron chi connectivity index (χ1n) is 7.36. The number of rotatable bonds is 4. The molecule has 0 aliphatic carbocycles. The van der Waals surface area contributed by atoms with E-state index in [-0.39, 0.29) is 18.2 Å². The number of likely N-dealkylation sites (tertiary alicyclic amines) is 1. The largest absolute Gasteiger partial charge is 0.360 e. The lowest BCUT2D eigenvalue weighted by atomic mass is 10.2. The van der Waals surface area contributed by atoms with Crippen LogP contribution >= 0.6 is 0 Å². The molecule has 0 spiro atoms. The Kier molecular flexibility index (Phi) is 4.09. The third-order valence-electron chi connectivity index (χ3n) is 3.63. The maximum atomic E-state index is 12.4. The molecular formula is C14H17N5O4. The monoisotopic (exact) mass is 319 g/mol. The highest BCUT2D eigenvalue weighted by molar-refractivity contribution is 5.97. The molecule has 0 radical (unpaired) electrons. The molecule has 2 aromatic rings. The molecule has 1 unspecified atom stereocenters. The predicted octanol–water partition coefficient (Wildman–Crippen LogP) is 0.847. The zero-order valence-corrected chi connectivity index (χ0v) is 12.9. The quantitative estimate of drug-likeness (QED) is 0.888. The van der Waals surface area contributed by atoms with Gasteiger partial charge in [0.15, 0.2) is 11.6 Å². The molecule has 3 rings (SSSR count). The average Bonchev–Trinajstić information content (AvgIpc) is 3.20. The van der Waals surface area contributed by atoms with E-state index in [9.17, 15) is 9.59 Å². The van der Waals surface area contributed by atoms with Crippen LogP contribution in [0.5, 0.6) is 0 Å².